The Kier molecular flexibility index (Phi) is 5.26. The van der Waals surface area contributed by atoms with Crippen molar-refractivity contribution in [3.05, 3.63) is 29.3 Å². The molecular formula is C13H18ClNO3. The molecule has 0 amide bonds. The van der Waals surface area contributed by atoms with Crippen molar-refractivity contribution in [2.75, 3.05) is 39.5 Å². The van der Waals surface area contributed by atoms with Gasteiger partial charge in [-0.3, -0.25) is 4.90 Å². The molecule has 1 heterocycles. The van der Waals surface area contributed by atoms with Gasteiger partial charge in [0.25, 0.3) is 0 Å². The van der Waals surface area contributed by atoms with Crippen LogP contribution in [0.25, 0.3) is 0 Å². The van der Waals surface area contributed by atoms with Crippen LogP contribution in [-0.4, -0.2) is 55.6 Å². The van der Waals surface area contributed by atoms with Crippen molar-refractivity contribution in [1.29, 1.82) is 0 Å². The lowest BCUT2D eigenvalue weighted by Crippen LogP contribution is -2.45. The molecule has 0 radical (unpaired) electrons. The summed E-state index contributed by atoms with van der Waals surface area (Å²) < 4.78 is 11.3. The maximum atomic E-state index is 8.91. The van der Waals surface area contributed by atoms with Gasteiger partial charge >= 0.3 is 0 Å². The lowest BCUT2D eigenvalue weighted by Gasteiger charge is -2.32. The van der Waals surface area contributed by atoms with Crippen molar-refractivity contribution in [3.8, 4) is 5.75 Å². The molecule has 0 saturated carbocycles. The summed E-state index contributed by atoms with van der Waals surface area (Å²) in [6.45, 7) is 3.72. The van der Waals surface area contributed by atoms with E-state index >= 15 is 0 Å². The maximum Gasteiger partial charge on any atom is 0.120 e. The highest BCUT2D eigenvalue weighted by atomic mass is 35.5. The number of hydrogen-bond donors (Lipinski definition) is 1. The molecule has 1 aromatic carbocycles. The highest BCUT2D eigenvalue weighted by Crippen LogP contribution is 2.17. The first kappa shape index (κ1) is 13.6. The van der Waals surface area contributed by atoms with E-state index in [1.54, 1.807) is 6.07 Å². The number of β-amino-alcohol motifs (C(OH)–C–C–N with tert-alkyl or cyclic N) is 1. The van der Waals surface area contributed by atoms with Crippen LogP contribution in [0.15, 0.2) is 24.3 Å². The van der Waals surface area contributed by atoms with Crippen molar-refractivity contribution >= 4 is 11.6 Å². The summed E-state index contributed by atoms with van der Waals surface area (Å²) in [4.78, 5) is 2.18. The van der Waals surface area contributed by atoms with Crippen molar-refractivity contribution in [2.24, 2.45) is 0 Å². The first-order valence-electron chi connectivity index (χ1n) is 6.11. The van der Waals surface area contributed by atoms with Crippen LogP contribution in [-0.2, 0) is 4.74 Å². The number of hydrogen-bond acceptors (Lipinski definition) is 4. The molecule has 1 aliphatic heterocycles. The van der Waals surface area contributed by atoms with Gasteiger partial charge in [-0.05, 0) is 18.2 Å². The summed E-state index contributed by atoms with van der Waals surface area (Å²) in [6, 6.07) is 7.34. The fourth-order valence-electron chi connectivity index (χ4n) is 1.97. The van der Waals surface area contributed by atoms with E-state index in [4.69, 9.17) is 26.2 Å². The van der Waals surface area contributed by atoms with Crippen LogP contribution in [0.5, 0.6) is 5.75 Å². The topological polar surface area (TPSA) is 41.9 Å². The third-order valence-electron chi connectivity index (χ3n) is 2.87. The van der Waals surface area contributed by atoms with Gasteiger partial charge in [-0.15, -0.1) is 0 Å². The predicted octanol–water partition coefficient (Wildman–Crippen LogP) is 1.41. The Bertz CT molecular complexity index is 373. The molecule has 0 aliphatic carbocycles. The Morgan fingerprint density at radius 3 is 3.17 bits per heavy atom. The third kappa shape index (κ3) is 4.14. The molecule has 5 heteroatoms. The van der Waals surface area contributed by atoms with E-state index in [-0.39, 0.29) is 12.7 Å². The predicted molar refractivity (Wildman–Crippen MR) is 70.2 cm³/mol. The number of morpholine rings is 1. The van der Waals surface area contributed by atoms with Crippen LogP contribution >= 0.6 is 11.6 Å². The zero-order chi connectivity index (χ0) is 12.8. The number of nitrogens with zero attached hydrogens (tertiary/aromatic N) is 1. The van der Waals surface area contributed by atoms with E-state index < -0.39 is 0 Å². The molecule has 1 saturated heterocycles. The van der Waals surface area contributed by atoms with Crippen LogP contribution in [0.1, 0.15) is 0 Å². The minimum absolute atomic E-state index is 0.0456. The molecule has 0 unspecified atom stereocenters. The first-order valence-corrected chi connectivity index (χ1v) is 6.49. The molecule has 1 aromatic rings. The Labute approximate surface area is 112 Å². The van der Waals surface area contributed by atoms with E-state index in [1.165, 1.54) is 0 Å². The maximum absolute atomic E-state index is 8.91. The number of aliphatic hydroxyl groups is 1. The molecule has 1 atom stereocenters. The van der Waals surface area contributed by atoms with Crippen LogP contribution < -0.4 is 4.74 Å². The zero-order valence-electron chi connectivity index (χ0n) is 10.2. The van der Waals surface area contributed by atoms with Crippen molar-refractivity contribution in [2.45, 2.75) is 6.10 Å². The Balaban J connectivity index is 1.79. The fourth-order valence-corrected chi connectivity index (χ4v) is 2.15. The highest BCUT2D eigenvalue weighted by Gasteiger charge is 2.20. The van der Waals surface area contributed by atoms with Gasteiger partial charge in [0.15, 0.2) is 0 Å². The Morgan fingerprint density at radius 2 is 2.39 bits per heavy atom. The average molecular weight is 272 g/mol. The average Bonchev–Trinajstić information content (AvgIpc) is 2.37. The summed E-state index contributed by atoms with van der Waals surface area (Å²) >= 11 is 5.88. The summed E-state index contributed by atoms with van der Waals surface area (Å²) in [5.74, 6) is 0.755. The largest absolute Gasteiger partial charge is 0.491 e. The quantitative estimate of drug-likeness (QED) is 0.879. The smallest absolute Gasteiger partial charge is 0.120 e. The summed E-state index contributed by atoms with van der Waals surface area (Å²) in [6.07, 6.45) is 0.0456. The summed E-state index contributed by atoms with van der Waals surface area (Å²) in [5.41, 5.74) is 0. The standard InChI is InChI=1S/C13H18ClNO3/c14-11-2-1-3-12(8-11)18-10-13-9-15(4-6-16)5-7-17-13/h1-3,8,13,16H,4-7,9-10H2/t13-/m0/s1. The number of benzene rings is 1. The second-order valence-electron chi connectivity index (χ2n) is 4.29. The summed E-state index contributed by atoms with van der Waals surface area (Å²) in [5, 5.41) is 9.58. The Hall–Kier alpha value is -0.810. The van der Waals surface area contributed by atoms with Gasteiger partial charge in [0.2, 0.25) is 0 Å². The minimum Gasteiger partial charge on any atom is -0.491 e. The molecule has 0 spiro atoms. The molecule has 18 heavy (non-hydrogen) atoms. The van der Waals surface area contributed by atoms with Gasteiger partial charge in [-0.1, -0.05) is 17.7 Å². The third-order valence-corrected chi connectivity index (χ3v) is 3.11. The molecular weight excluding hydrogens is 254 g/mol. The van der Waals surface area contributed by atoms with Gasteiger partial charge in [-0.2, -0.15) is 0 Å². The van der Waals surface area contributed by atoms with E-state index in [0.29, 0.717) is 24.8 Å². The van der Waals surface area contributed by atoms with Gasteiger partial charge in [0.05, 0.1) is 13.2 Å². The number of aliphatic hydroxyl groups excluding tert-OH is 1. The molecule has 1 aliphatic rings. The molecule has 2 rings (SSSR count). The van der Waals surface area contributed by atoms with Crippen LogP contribution in [0.4, 0.5) is 0 Å². The molecule has 4 nitrogen and oxygen atoms in total. The highest BCUT2D eigenvalue weighted by molar-refractivity contribution is 6.30. The molecule has 0 aromatic heterocycles. The van der Waals surface area contributed by atoms with E-state index in [9.17, 15) is 0 Å². The normalized spacial score (nSPS) is 20.9. The molecule has 1 N–H and O–H groups in total. The van der Waals surface area contributed by atoms with Crippen LogP contribution in [0.3, 0.4) is 0 Å². The molecule has 0 bridgehead atoms. The van der Waals surface area contributed by atoms with Crippen LogP contribution in [0.2, 0.25) is 5.02 Å². The second kappa shape index (κ2) is 6.95. The second-order valence-corrected chi connectivity index (χ2v) is 4.72. The van der Waals surface area contributed by atoms with Gasteiger partial charge < -0.3 is 14.6 Å². The lowest BCUT2D eigenvalue weighted by atomic mass is 10.3. The zero-order valence-corrected chi connectivity index (χ0v) is 11.0. The van der Waals surface area contributed by atoms with Gasteiger partial charge in [-0.25, -0.2) is 0 Å². The Morgan fingerprint density at radius 1 is 1.50 bits per heavy atom. The lowest BCUT2D eigenvalue weighted by molar-refractivity contribution is -0.0508. The minimum atomic E-state index is 0.0456. The number of ether oxygens (including phenoxy) is 2. The SMILES string of the molecule is OCCN1CCO[C@H](COc2cccc(Cl)c2)C1. The van der Waals surface area contributed by atoms with E-state index in [2.05, 4.69) is 4.90 Å². The summed E-state index contributed by atoms with van der Waals surface area (Å²) in [7, 11) is 0. The van der Waals surface area contributed by atoms with Gasteiger partial charge in [0, 0.05) is 24.7 Å². The number of halogens is 1. The van der Waals surface area contributed by atoms with E-state index in [1.807, 2.05) is 18.2 Å². The number of rotatable bonds is 5. The van der Waals surface area contributed by atoms with Crippen molar-refractivity contribution in [3.63, 3.8) is 0 Å². The van der Waals surface area contributed by atoms with Crippen LogP contribution in [0, 0.1) is 0 Å². The first-order chi connectivity index (χ1) is 8.78. The monoisotopic (exact) mass is 271 g/mol. The molecule has 100 valence electrons. The van der Waals surface area contributed by atoms with E-state index in [0.717, 1.165) is 18.8 Å². The van der Waals surface area contributed by atoms with Crippen molar-refractivity contribution in [1.82, 2.24) is 4.90 Å². The fraction of sp³-hybridized carbons (Fsp3) is 0.538. The molecule has 1 fully saturated rings. The van der Waals surface area contributed by atoms with Crippen molar-refractivity contribution < 1.29 is 14.6 Å². The van der Waals surface area contributed by atoms with Gasteiger partial charge in [0.1, 0.15) is 18.5 Å².